The normalized spacial score (nSPS) is 18.5. The first-order valence-corrected chi connectivity index (χ1v) is 7.25. The molecule has 1 N–H and O–H groups in total. The first kappa shape index (κ1) is 13.9. The van der Waals surface area contributed by atoms with Gasteiger partial charge < -0.3 is 14.8 Å². The Morgan fingerprint density at radius 3 is 2.86 bits per heavy atom. The second kappa shape index (κ2) is 6.14. The lowest BCUT2D eigenvalue weighted by molar-refractivity contribution is 0.241. The van der Waals surface area contributed by atoms with E-state index in [1.165, 1.54) is 5.56 Å². The number of nitrogens with zero attached hydrogens (tertiary/aromatic N) is 1. The van der Waals surface area contributed by atoms with Crippen molar-refractivity contribution in [3.05, 3.63) is 53.9 Å². The summed E-state index contributed by atoms with van der Waals surface area (Å²) in [5.41, 5.74) is 2.24. The molecule has 110 valence electrons. The lowest BCUT2D eigenvalue weighted by atomic mass is 10.0. The summed E-state index contributed by atoms with van der Waals surface area (Å²) in [6, 6.07) is 12.5. The molecular formula is C17H20N2O2. The number of ether oxygens (including phenoxy) is 2. The van der Waals surface area contributed by atoms with Crippen LogP contribution in [-0.4, -0.2) is 18.7 Å². The molecule has 1 unspecified atom stereocenters. The lowest BCUT2D eigenvalue weighted by Gasteiger charge is -2.28. The summed E-state index contributed by atoms with van der Waals surface area (Å²) in [5, 5.41) is 3.65. The van der Waals surface area contributed by atoms with Crippen LogP contribution in [0.1, 0.15) is 36.7 Å². The van der Waals surface area contributed by atoms with Crippen LogP contribution in [0.15, 0.2) is 42.6 Å². The van der Waals surface area contributed by atoms with E-state index in [-0.39, 0.29) is 12.1 Å². The van der Waals surface area contributed by atoms with E-state index in [9.17, 15) is 0 Å². The maximum absolute atomic E-state index is 5.65. The minimum Gasteiger partial charge on any atom is -0.497 e. The fourth-order valence-electron chi connectivity index (χ4n) is 2.66. The third-order valence-corrected chi connectivity index (χ3v) is 3.86. The van der Waals surface area contributed by atoms with Gasteiger partial charge in [0.15, 0.2) is 0 Å². The van der Waals surface area contributed by atoms with E-state index in [1.807, 2.05) is 30.5 Å². The molecule has 4 heteroatoms. The minimum atomic E-state index is 0.229. The van der Waals surface area contributed by atoms with Gasteiger partial charge in [-0.05, 0) is 36.8 Å². The average molecular weight is 284 g/mol. The lowest BCUT2D eigenvalue weighted by Crippen LogP contribution is -2.30. The fraction of sp³-hybridized carbons (Fsp3) is 0.353. The van der Waals surface area contributed by atoms with Crippen molar-refractivity contribution in [1.29, 1.82) is 0 Å². The standard InChI is InChI=1S/C17H20N2O2/c1-12(13-5-7-14(20-2)8-6-13)19-15-9-11-21-16-4-3-10-18-17(15)16/h3-8,10,12,15,19H,9,11H2,1-2H3/t12?,15-/m0/s1. The summed E-state index contributed by atoms with van der Waals surface area (Å²) < 4.78 is 10.9. The summed E-state index contributed by atoms with van der Waals surface area (Å²) in [7, 11) is 1.68. The molecule has 2 heterocycles. The summed E-state index contributed by atoms with van der Waals surface area (Å²) in [4.78, 5) is 4.47. The number of nitrogens with one attached hydrogen (secondary N) is 1. The van der Waals surface area contributed by atoms with Crippen LogP contribution < -0.4 is 14.8 Å². The highest BCUT2D eigenvalue weighted by molar-refractivity contribution is 5.32. The van der Waals surface area contributed by atoms with Gasteiger partial charge in [-0.1, -0.05) is 12.1 Å². The van der Waals surface area contributed by atoms with Crippen molar-refractivity contribution in [3.8, 4) is 11.5 Å². The monoisotopic (exact) mass is 284 g/mol. The highest BCUT2D eigenvalue weighted by atomic mass is 16.5. The summed E-state index contributed by atoms with van der Waals surface area (Å²) >= 11 is 0. The highest BCUT2D eigenvalue weighted by Gasteiger charge is 2.24. The number of aromatic nitrogens is 1. The largest absolute Gasteiger partial charge is 0.497 e. The Hall–Kier alpha value is -2.07. The number of rotatable bonds is 4. The van der Waals surface area contributed by atoms with Gasteiger partial charge in [-0.25, -0.2) is 0 Å². The Morgan fingerprint density at radius 1 is 1.29 bits per heavy atom. The number of pyridine rings is 1. The van der Waals surface area contributed by atoms with Gasteiger partial charge in [-0.15, -0.1) is 0 Å². The SMILES string of the molecule is COc1ccc(C(C)N[C@H]2CCOc3cccnc32)cc1. The molecule has 21 heavy (non-hydrogen) atoms. The predicted molar refractivity (Wildman–Crippen MR) is 81.6 cm³/mol. The maximum Gasteiger partial charge on any atom is 0.142 e. The molecule has 2 atom stereocenters. The number of benzene rings is 1. The van der Waals surface area contributed by atoms with Crippen LogP contribution in [0.25, 0.3) is 0 Å². The molecule has 1 aliphatic heterocycles. The van der Waals surface area contributed by atoms with Crippen LogP contribution in [0.2, 0.25) is 0 Å². The van der Waals surface area contributed by atoms with Gasteiger partial charge in [0, 0.05) is 18.7 Å². The molecule has 2 aromatic rings. The Balaban J connectivity index is 1.74. The molecular weight excluding hydrogens is 264 g/mol. The summed E-state index contributed by atoms with van der Waals surface area (Å²) in [5.74, 6) is 1.77. The van der Waals surface area contributed by atoms with Crippen LogP contribution in [0, 0.1) is 0 Å². The van der Waals surface area contributed by atoms with E-state index in [1.54, 1.807) is 7.11 Å². The van der Waals surface area contributed by atoms with Crippen LogP contribution in [-0.2, 0) is 0 Å². The van der Waals surface area contributed by atoms with Crippen molar-refractivity contribution in [1.82, 2.24) is 10.3 Å². The second-order valence-corrected chi connectivity index (χ2v) is 5.24. The highest BCUT2D eigenvalue weighted by Crippen LogP contribution is 2.31. The van der Waals surface area contributed by atoms with E-state index in [0.29, 0.717) is 0 Å². The molecule has 3 rings (SSSR count). The van der Waals surface area contributed by atoms with Crippen molar-refractivity contribution >= 4 is 0 Å². The van der Waals surface area contributed by atoms with Gasteiger partial charge in [-0.2, -0.15) is 0 Å². The zero-order valence-electron chi connectivity index (χ0n) is 12.4. The van der Waals surface area contributed by atoms with Crippen molar-refractivity contribution in [2.24, 2.45) is 0 Å². The molecule has 0 saturated heterocycles. The van der Waals surface area contributed by atoms with Gasteiger partial charge in [0.05, 0.1) is 25.5 Å². The van der Waals surface area contributed by atoms with E-state index in [4.69, 9.17) is 9.47 Å². The van der Waals surface area contributed by atoms with Gasteiger partial charge in [0.2, 0.25) is 0 Å². The van der Waals surface area contributed by atoms with E-state index in [2.05, 4.69) is 29.4 Å². The molecule has 0 saturated carbocycles. The number of fused-ring (bicyclic) bond motifs is 1. The molecule has 0 spiro atoms. The average Bonchev–Trinajstić information content (AvgIpc) is 2.55. The molecule has 1 aromatic carbocycles. The Bertz CT molecular complexity index is 598. The Labute approximate surface area is 125 Å². The van der Waals surface area contributed by atoms with Crippen LogP contribution in [0.3, 0.4) is 0 Å². The van der Waals surface area contributed by atoms with E-state index >= 15 is 0 Å². The number of methoxy groups -OCH3 is 1. The van der Waals surface area contributed by atoms with Crippen LogP contribution in [0.5, 0.6) is 11.5 Å². The second-order valence-electron chi connectivity index (χ2n) is 5.24. The molecule has 0 fully saturated rings. The van der Waals surface area contributed by atoms with Crippen LogP contribution >= 0.6 is 0 Å². The van der Waals surface area contributed by atoms with Crippen molar-refractivity contribution in [3.63, 3.8) is 0 Å². The quantitative estimate of drug-likeness (QED) is 0.936. The molecule has 4 nitrogen and oxygen atoms in total. The first-order valence-electron chi connectivity index (χ1n) is 7.25. The Kier molecular flexibility index (Phi) is 4.06. The predicted octanol–water partition coefficient (Wildman–Crippen LogP) is 3.26. The topological polar surface area (TPSA) is 43.4 Å². The smallest absolute Gasteiger partial charge is 0.142 e. The zero-order valence-corrected chi connectivity index (χ0v) is 12.4. The third-order valence-electron chi connectivity index (χ3n) is 3.86. The van der Waals surface area contributed by atoms with Crippen molar-refractivity contribution < 1.29 is 9.47 Å². The third kappa shape index (κ3) is 3.00. The van der Waals surface area contributed by atoms with Gasteiger partial charge in [-0.3, -0.25) is 4.98 Å². The summed E-state index contributed by atoms with van der Waals surface area (Å²) in [6.07, 6.45) is 2.75. The minimum absolute atomic E-state index is 0.229. The Morgan fingerprint density at radius 2 is 2.10 bits per heavy atom. The van der Waals surface area contributed by atoms with Crippen molar-refractivity contribution in [2.45, 2.75) is 25.4 Å². The maximum atomic E-state index is 5.65. The molecule has 0 radical (unpaired) electrons. The van der Waals surface area contributed by atoms with Gasteiger partial charge in [0.1, 0.15) is 11.5 Å². The summed E-state index contributed by atoms with van der Waals surface area (Å²) in [6.45, 7) is 2.89. The van der Waals surface area contributed by atoms with Crippen molar-refractivity contribution in [2.75, 3.05) is 13.7 Å². The molecule has 0 amide bonds. The molecule has 1 aromatic heterocycles. The van der Waals surface area contributed by atoms with Crippen LogP contribution in [0.4, 0.5) is 0 Å². The molecule has 0 aliphatic carbocycles. The molecule has 1 aliphatic rings. The fourth-order valence-corrected chi connectivity index (χ4v) is 2.66. The van der Waals surface area contributed by atoms with E-state index < -0.39 is 0 Å². The molecule has 0 bridgehead atoms. The van der Waals surface area contributed by atoms with E-state index in [0.717, 1.165) is 30.2 Å². The number of hydrogen-bond acceptors (Lipinski definition) is 4. The van der Waals surface area contributed by atoms with Gasteiger partial charge >= 0.3 is 0 Å². The first-order chi connectivity index (χ1) is 10.3. The zero-order chi connectivity index (χ0) is 14.7. The number of hydrogen-bond donors (Lipinski definition) is 1. The van der Waals surface area contributed by atoms with Gasteiger partial charge in [0.25, 0.3) is 0 Å².